The van der Waals surface area contributed by atoms with E-state index in [9.17, 15) is 9.90 Å². The van der Waals surface area contributed by atoms with Crippen LogP contribution in [-0.4, -0.2) is 10.9 Å². The summed E-state index contributed by atoms with van der Waals surface area (Å²) in [5, 5.41) is 9.48. The van der Waals surface area contributed by atoms with Gasteiger partial charge < -0.3 is 5.11 Å². The number of hydrogen-bond acceptors (Lipinski definition) is 2. The second-order valence-corrected chi connectivity index (χ2v) is 3.44. The molecule has 1 aromatic rings. The zero-order chi connectivity index (χ0) is 9.30. The summed E-state index contributed by atoms with van der Waals surface area (Å²) >= 11 is 3.20. The molecule has 0 fully saturated rings. The van der Waals surface area contributed by atoms with E-state index in [-0.39, 0.29) is 11.5 Å². The van der Waals surface area contributed by atoms with E-state index >= 15 is 0 Å². The number of ketones is 1. The van der Waals surface area contributed by atoms with E-state index in [1.165, 1.54) is 6.92 Å². The third-order valence-electron chi connectivity index (χ3n) is 1.69. The van der Waals surface area contributed by atoms with Crippen LogP contribution in [0.25, 0.3) is 0 Å². The lowest BCUT2D eigenvalue weighted by atomic mass is 10.1. The van der Waals surface area contributed by atoms with Crippen molar-refractivity contribution in [2.24, 2.45) is 0 Å². The van der Waals surface area contributed by atoms with Gasteiger partial charge in [-0.2, -0.15) is 0 Å². The van der Waals surface area contributed by atoms with Gasteiger partial charge >= 0.3 is 0 Å². The number of phenols is 1. The summed E-state index contributed by atoms with van der Waals surface area (Å²) in [7, 11) is 0. The number of Topliss-reactive ketones (excluding diaryl/α,β-unsaturated/α-hetero) is 1. The Morgan fingerprint density at radius 1 is 1.50 bits per heavy atom. The molecule has 3 heteroatoms. The molecule has 0 aliphatic rings. The maximum absolute atomic E-state index is 10.9. The fourth-order valence-electron chi connectivity index (χ4n) is 0.950. The van der Waals surface area contributed by atoms with Crippen LogP contribution in [0.3, 0.4) is 0 Å². The van der Waals surface area contributed by atoms with E-state index in [1.807, 2.05) is 6.92 Å². The number of benzene rings is 1. The molecule has 0 aliphatic carbocycles. The number of phenolic OH excluding ortho intramolecular Hbond substituents is 1. The van der Waals surface area contributed by atoms with Crippen LogP contribution < -0.4 is 0 Å². The average Bonchev–Trinajstić information content (AvgIpc) is 2.00. The minimum atomic E-state index is -0.131. The molecule has 0 bridgehead atoms. The SMILES string of the molecule is CC(=O)c1ccc(C)c(Br)c1O. The normalized spacial score (nSPS) is 9.92. The van der Waals surface area contributed by atoms with Crippen LogP contribution in [0.4, 0.5) is 0 Å². The Bertz CT molecular complexity index is 332. The van der Waals surface area contributed by atoms with Gasteiger partial charge in [0, 0.05) is 0 Å². The smallest absolute Gasteiger partial charge is 0.163 e. The molecule has 0 heterocycles. The maximum Gasteiger partial charge on any atom is 0.163 e. The standard InChI is InChI=1S/C9H9BrO2/c1-5-3-4-7(6(2)11)9(12)8(5)10/h3-4,12H,1-2H3. The Hall–Kier alpha value is -0.830. The van der Waals surface area contributed by atoms with Crippen molar-refractivity contribution in [1.29, 1.82) is 0 Å². The Balaban J connectivity index is 3.36. The number of aryl methyl sites for hydroxylation is 1. The first-order chi connectivity index (χ1) is 5.54. The van der Waals surface area contributed by atoms with Crippen LogP contribution in [0.1, 0.15) is 22.8 Å². The molecule has 0 spiro atoms. The lowest BCUT2D eigenvalue weighted by Gasteiger charge is -2.04. The topological polar surface area (TPSA) is 37.3 Å². The van der Waals surface area contributed by atoms with Crippen LogP contribution in [0.2, 0.25) is 0 Å². The van der Waals surface area contributed by atoms with Crippen molar-refractivity contribution >= 4 is 21.7 Å². The van der Waals surface area contributed by atoms with E-state index in [0.717, 1.165) is 5.56 Å². The number of hydrogen-bond donors (Lipinski definition) is 1. The van der Waals surface area contributed by atoms with Gasteiger partial charge in [0.1, 0.15) is 5.75 Å². The molecular weight excluding hydrogens is 220 g/mol. The van der Waals surface area contributed by atoms with E-state index in [2.05, 4.69) is 15.9 Å². The third-order valence-corrected chi connectivity index (χ3v) is 2.69. The van der Waals surface area contributed by atoms with E-state index < -0.39 is 0 Å². The number of rotatable bonds is 1. The predicted molar refractivity (Wildman–Crippen MR) is 50.5 cm³/mol. The lowest BCUT2D eigenvalue weighted by Crippen LogP contribution is -1.93. The molecule has 1 N–H and O–H groups in total. The zero-order valence-corrected chi connectivity index (χ0v) is 8.47. The summed E-state index contributed by atoms with van der Waals surface area (Å²) in [5.74, 6) is -0.101. The zero-order valence-electron chi connectivity index (χ0n) is 6.89. The summed E-state index contributed by atoms with van der Waals surface area (Å²) in [5.41, 5.74) is 1.27. The van der Waals surface area contributed by atoms with Crippen molar-refractivity contribution in [3.63, 3.8) is 0 Å². The second-order valence-electron chi connectivity index (χ2n) is 2.65. The highest BCUT2D eigenvalue weighted by Gasteiger charge is 2.10. The van der Waals surface area contributed by atoms with Gasteiger partial charge in [0.05, 0.1) is 10.0 Å². The van der Waals surface area contributed by atoms with Crippen molar-refractivity contribution in [2.45, 2.75) is 13.8 Å². The third kappa shape index (κ3) is 1.50. The van der Waals surface area contributed by atoms with E-state index in [0.29, 0.717) is 10.0 Å². The van der Waals surface area contributed by atoms with Crippen LogP contribution in [0, 0.1) is 6.92 Å². The van der Waals surface area contributed by atoms with Gasteiger partial charge in [-0.3, -0.25) is 4.79 Å². The fraction of sp³-hybridized carbons (Fsp3) is 0.222. The van der Waals surface area contributed by atoms with Crippen molar-refractivity contribution < 1.29 is 9.90 Å². The first-order valence-corrected chi connectivity index (χ1v) is 4.32. The van der Waals surface area contributed by atoms with Gasteiger partial charge in [-0.05, 0) is 41.4 Å². The molecule has 0 atom stereocenters. The Labute approximate surface area is 79.3 Å². The van der Waals surface area contributed by atoms with Gasteiger partial charge in [-0.15, -0.1) is 0 Å². The van der Waals surface area contributed by atoms with Crippen LogP contribution >= 0.6 is 15.9 Å². The molecule has 0 aliphatic heterocycles. The molecule has 64 valence electrons. The van der Waals surface area contributed by atoms with Crippen molar-refractivity contribution in [2.75, 3.05) is 0 Å². The average molecular weight is 229 g/mol. The largest absolute Gasteiger partial charge is 0.506 e. The highest BCUT2D eigenvalue weighted by atomic mass is 79.9. The van der Waals surface area contributed by atoms with Gasteiger partial charge in [0.15, 0.2) is 5.78 Å². The quantitative estimate of drug-likeness (QED) is 0.751. The monoisotopic (exact) mass is 228 g/mol. The minimum Gasteiger partial charge on any atom is -0.506 e. The molecule has 0 radical (unpaired) electrons. The molecule has 0 saturated heterocycles. The Morgan fingerprint density at radius 3 is 2.58 bits per heavy atom. The molecule has 0 aromatic heterocycles. The van der Waals surface area contributed by atoms with Gasteiger partial charge in [-0.25, -0.2) is 0 Å². The molecule has 0 amide bonds. The molecular formula is C9H9BrO2. The molecule has 0 saturated carbocycles. The lowest BCUT2D eigenvalue weighted by molar-refractivity contribution is 0.101. The van der Waals surface area contributed by atoms with Crippen molar-refractivity contribution in [1.82, 2.24) is 0 Å². The number of carbonyl (C=O) groups excluding carboxylic acids is 1. The number of halogens is 1. The van der Waals surface area contributed by atoms with Gasteiger partial charge in [-0.1, -0.05) is 6.07 Å². The highest BCUT2D eigenvalue weighted by Crippen LogP contribution is 2.30. The van der Waals surface area contributed by atoms with Crippen LogP contribution in [0.15, 0.2) is 16.6 Å². The fourth-order valence-corrected chi connectivity index (χ4v) is 1.30. The van der Waals surface area contributed by atoms with Crippen LogP contribution in [-0.2, 0) is 0 Å². The van der Waals surface area contributed by atoms with E-state index in [1.54, 1.807) is 12.1 Å². The summed E-state index contributed by atoms with van der Waals surface area (Å²) in [4.78, 5) is 10.9. The first-order valence-electron chi connectivity index (χ1n) is 3.53. The summed E-state index contributed by atoms with van der Waals surface area (Å²) in [6.45, 7) is 3.28. The first kappa shape index (κ1) is 9.26. The van der Waals surface area contributed by atoms with E-state index in [4.69, 9.17) is 0 Å². The molecule has 2 nitrogen and oxygen atoms in total. The predicted octanol–water partition coefficient (Wildman–Crippen LogP) is 2.67. The maximum atomic E-state index is 10.9. The molecule has 12 heavy (non-hydrogen) atoms. The Morgan fingerprint density at radius 2 is 2.08 bits per heavy atom. The van der Waals surface area contributed by atoms with Crippen molar-refractivity contribution in [3.8, 4) is 5.75 Å². The second kappa shape index (κ2) is 3.27. The van der Waals surface area contributed by atoms with Crippen molar-refractivity contribution in [3.05, 3.63) is 27.7 Å². The number of carbonyl (C=O) groups is 1. The Kier molecular flexibility index (Phi) is 2.52. The van der Waals surface area contributed by atoms with Crippen LogP contribution in [0.5, 0.6) is 5.75 Å². The highest BCUT2D eigenvalue weighted by molar-refractivity contribution is 9.10. The molecule has 1 aromatic carbocycles. The molecule has 0 unspecified atom stereocenters. The molecule has 1 rings (SSSR count). The summed E-state index contributed by atoms with van der Waals surface area (Å²) < 4.78 is 0.593. The van der Waals surface area contributed by atoms with Gasteiger partial charge in [0.2, 0.25) is 0 Å². The number of aromatic hydroxyl groups is 1. The summed E-state index contributed by atoms with van der Waals surface area (Å²) in [6, 6.07) is 3.41. The summed E-state index contributed by atoms with van der Waals surface area (Å²) in [6.07, 6.45) is 0. The minimum absolute atomic E-state index is 0.0301. The van der Waals surface area contributed by atoms with Gasteiger partial charge in [0.25, 0.3) is 0 Å².